The van der Waals surface area contributed by atoms with E-state index in [0.717, 1.165) is 30.8 Å². The molecule has 1 aromatic heterocycles. The summed E-state index contributed by atoms with van der Waals surface area (Å²) in [6, 6.07) is 0. The Morgan fingerprint density at radius 1 is 1.38 bits per heavy atom. The van der Waals surface area contributed by atoms with Crippen LogP contribution in [0.1, 0.15) is 25.7 Å². The van der Waals surface area contributed by atoms with Gasteiger partial charge in [-0.25, -0.2) is 8.42 Å². The van der Waals surface area contributed by atoms with Crippen LogP contribution in [0.4, 0.5) is 0 Å². The normalized spacial score (nSPS) is 26.9. The van der Waals surface area contributed by atoms with Gasteiger partial charge in [0.15, 0.2) is 0 Å². The van der Waals surface area contributed by atoms with Gasteiger partial charge in [-0.05, 0) is 40.3 Å². The molecule has 0 amide bonds. The summed E-state index contributed by atoms with van der Waals surface area (Å²) in [6.45, 7) is 0. The monoisotopic (exact) mass is 344 g/mol. The van der Waals surface area contributed by atoms with Crippen LogP contribution in [0, 0.1) is 0 Å². The summed E-state index contributed by atoms with van der Waals surface area (Å²) in [5.41, 5.74) is 0. The summed E-state index contributed by atoms with van der Waals surface area (Å²) < 4.78 is 28.6. The van der Waals surface area contributed by atoms with Crippen molar-refractivity contribution in [1.82, 2.24) is 9.36 Å². The van der Waals surface area contributed by atoms with Gasteiger partial charge in [0.05, 0.1) is 10.6 Å². The molecule has 0 bridgehead atoms. The molecule has 0 aromatic carbocycles. The average molecular weight is 346 g/mol. The van der Waals surface area contributed by atoms with Gasteiger partial charge in [0.25, 0.3) is 0 Å². The van der Waals surface area contributed by atoms with Crippen molar-refractivity contribution in [3.05, 3.63) is 4.73 Å². The number of halogens is 2. The van der Waals surface area contributed by atoms with E-state index in [-0.39, 0.29) is 9.72 Å². The van der Waals surface area contributed by atoms with Crippen molar-refractivity contribution in [1.29, 1.82) is 0 Å². The largest absolute Gasteiger partial charge is 0.229 e. The fraction of sp³-hybridized carbons (Fsp3) is 0.750. The Morgan fingerprint density at radius 3 is 2.62 bits per heavy atom. The first-order chi connectivity index (χ1) is 7.51. The molecule has 0 unspecified atom stereocenters. The van der Waals surface area contributed by atoms with Crippen LogP contribution in [0.15, 0.2) is 9.07 Å². The Balaban J connectivity index is 2.31. The van der Waals surface area contributed by atoms with Crippen LogP contribution in [-0.2, 0) is 9.84 Å². The summed E-state index contributed by atoms with van der Waals surface area (Å²) in [5, 5.41) is -0.816. The molecular weight excluding hydrogens is 336 g/mol. The Morgan fingerprint density at radius 2 is 2.06 bits per heavy atom. The number of sulfone groups is 1. The molecule has 4 nitrogen and oxygen atoms in total. The predicted octanol–water partition coefficient (Wildman–Crippen LogP) is 2.62. The average Bonchev–Trinajstić information content (AvgIpc) is 2.66. The van der Waals surface area contributed by atoms with Crippen molar-refractivity contribution in [2.75, 3.05) is 0 Å². The number of hydrogen-bond acceptors (Lipinski definition) is 5. The summed E-state index contributed by atoms with van der Waals surface area (Å²) in [4.78, 5) is 3.87. The van der Waals surface area contributed by atoms with Crippen LogP contribution in [0.3, 0.4) is 0 Å². The molecule has 0 spiro atoms. The minimum atomic E-state index is -3.41. The highest BCUT2D eigenvalue weighted by atomic mass is 79.9. The third-order valence-corrected chi connectivity index (χ3v) is 7.28. The maximum absolute atomic E-state index is 12.2. The lowest BCUT2D eigenvalue weighted by Gasteiger charge is -2.25. The first-order valence-corrected chi connectivity index (χ1v) is 8.44. The van der Waals surface area contributed by atoms with E-state index in [1.165, 1.54) is 0 Å². The second-order valence-electron chi connectivity index (χ2n) is 3.71. The molecule has 1 heterocycles. The van der Waals surface area contributed by atoms with E-state index >= 15 is 0 Å². The van der Waals surface area contributed by atoms with Crippen LogP contribution in [0.5, 0.6) is 0 Å². The minimum absolute atomic E-state index is 0.0666. The number of alkyl halides is 1. The molecule has 16 heavy (non-hydrogen) atoms. The fourth-order valence-electron chi connectivity index (χ4n) is 1.84. The summed E-state index contributed by atoms with van der Waals surface area (Å²) >= 11 is 10.0. The lowest BCUT2D eigenvalue weighted by Crippen LogP contribution is -2.33. The molecule has 0 radical (unpaired) electrons. The van der Waals surface area contributed by atoms with E-state index in [0.29, 0.717) is 11.2 Å². The summed E-state index contributed by atoms with van der Waals surface area (Å²) in [5.74, 6) is 0. The highest BCUT2D eigenvalue weighted by Gasteiger charge is 2.37. The molecule has 8 heteroatoms. The summed E-state index contributed by atoms with van der Waals surface area (Å²) in [6.07, 6.45) is 3.28. The van der Waals surface area contributed by atoms with Gasteiger partial charge in [0.2, 0.25) is 18.9 Å². The molecule has 1 saturated carbocycles. The van der Waals surface area contributed by atoms with Crippen LogP contribution in [0.25, 0.3) is 0 Å². The van der Waals surface area contributed by atoms with E-state index < -0.39 is 15.1 Å². The van der Waals surface area contributed by atoms with Crippen LogP contribution in [0.2, 0.25) is 0 Å². The molecule has 1 aliphatic rings. The number of rotatable bonds is 2. The van der Waals surface area contributed by atoms with Crippen molar-refractivity contribution in [3.63, 3.8) is 0 Å². The third-order valence-electron chi connectivity index (χ3n) is 2.65. The van der Waals surface area contributed by atoms with Gasteiger partial charge < -0.3 is 0 Å². The molecular formula is C8H10BrClN2O2S2. The van der Waals surface area contributed by atoms with Gasteiger partial charge in [-0.3, -0.25) is 0 Å². The van der Waals surface area contributed by atoms with E-state index in [4.69, 9.17) is 11.6 Å². The van der Waals surface area contributed by atoms with E-state index in [2.05, 4.69) is 25.3 Å². The Bertz CT molecular complexity index is 476. The predicted molar refractivity (Wildman–Crippen MR) is 66.7 cm³/mol. The van der Waals surface area contributed by atoms with Crippen LogP contribution >= 0.6 is 39.1 Å². The van der Waals surface area contributed by atoms with Gasteiger partial charge >= 0.3 is 0 Å². The Kier molecular flexibility index (Phi) is 3.88. The van der Waals surface area contributed by atoms with Crippen molar-refractivity contribution < 1.29 is 8.42 Å². The zero-order valence-electron chi connectivity index (χ0n) is 8.27. The van der Waals surface area contributed by atoms with Crippen molar-refractivity contribution in [2.24, 2.45) is 0 Å². The van der Waals surface area contributed by atoms with Crippen LogP contribution in [-0.4, -0.2) is 28.4 Å². The van der Waals surface area contributed by atoms with Gasteiger partial charge in [-0.1, -0.05) is 12.8 Å². The maximum atomic E-state index is 12.2. The number of hydrogen-bond donors (Lipinski definition) is 0. The smallest absolute Gasteiger partial charge is 0.221 e. The maximum Gasteiger partial charge on any atom is 0.229 e. The Hall–Kier alpha value is 0.280. The van der Waals surface area contributed by atoms with Crippen LogP contribution < -0.4 is 0 Å². The second kappa shape index (κ2) is 4.88. The van der Waals surface area contributed by atoms with Crippen molar-refractivity contribution in [2.45, 2.75) is 40.6 Å². The lowest BCUT2D eigenvalue weighted by atomic mass is 10.00. The topological polar surface area (TPSA) is 59.9 Å². The van der Waals surface area contributed by atoms with Gasteiger partial charge in [-0.2, -0.15) is 9.36 Å². The van der Waals surface area contributed by atoms with Gasteiger partial charge in [-0.15, -0.1) is 11.6 Å². The van der Waals surface area contributed by atoms with E-state index in [9.17, 15) is 8.42 Å². The molecule has 2 atom stereocenters. The molecule has 1 fully saturated rings. The van der Waals surface area contributed by atoms with Crippen molar-refractivity contribution >= 4 is 48.9 Å². The van der Waals surface area contributed by atoms with Gasteiger partial charge in [0, 0.05) is 0 Å². The number of aromatic nitrogens is 2. The van der Waals surface area contributed by atoms with Gasteiger partial charge in [0.1, 0.15) is 0 Å². The molecule has 0 N–H and O–H groups in total. The third kappa shape index (κ3) is 2.42. The first kappa shape index (κ1) is 12.7. The zero-order valence-corrected chi connectivity index (χ0v) is 12.2. The second-order valence-corrected chi connectivity index (χ2v) is 8.08. The number of nitrogens with zero attached hydrogens (tertiary/aromatic N) is 2. The van der Waals surface area contributed by atoms with E-state index in [1.54, 1.807) is 0 Å². The minimum Gasteiger partial charge on any atom is -0.221 e. The highest BCUT2D eigenvalue weighted by Crippen LogP contribution is 2.32. The molecule has 1 aliphatic carbocycles. The highest BCUT2D eigenvalue weighted by molar-refractivity contribution is 9.10. The van der Waals surface area contributed by atoms with E-state index in [1.807, 2.05) is 0 Å². The first-order valence-electron chi connectivity index (χ1n) is 4.89. The Labute approximate surface area is 112 Å². The molecule has 90 valence electrons. The molecule has 0 aliphatic heterocycles. The molecule has 0 saturated heterocycles. The fourth-order valence-corrected chi connectivity index (χ4v) is 5.85. The molecule has 2 rings (SSSR count). The zero-order chi connectivity index (χ0) is 11.8. The summed E-state index contributed by atoms with van der Waals surface area (Å²) in [7, 11) is -3.41. The standard InChI is InChI=1S/C8H10BrClN2O2S2/c9-7-11-8(15-12-7)16(13,14)6-4-2-1-3-5(6)10/h5-6H,1-4H2/t5-,6+/m0/s1. The SMILES string of the molecule is O=S(=O)(c1nc(Br)ns1)[C@@H]1CCCC[C@@H]1Cl. The molecule has 1 aromatic rings. The van der Waals surface area contributed by atoms with Crippen molar-refractivity contribution in [3.8, 4) is 0 Å². The quantitative estimate of drug-likeness (QED) is 0.773. The lowest BCUT2D eigenvalue weighted by molar-refractivity contribution is 0.489.